The van der Waals surface area contributed by atoms with Gasteiger partial charge in [-0.2, -0.15) is 10.2 Å². The average molecular weight is 1930 g/mol. The van der Waals surface area contributed by atoms with Crippen molar-refractivity contribution in [1.82, 2.24) is 110 Å². The number of hydrogen-bond acceptors (Lipinski definition) is 32. The van der Waals surface area contributed by atoms with Gasteiger partial charge < -0.3 is 77.7 Å². The highest BCUT2D eigenvalue weighted by Crippen LogP contribution is 2.44. The van der Waals surface area contributed by atoms with Gasteiger partial charge >= 0.3 is 24.2 Å². The van der Waals surface area contributed by atoms with Crippen LogP contribution in [0.2, 0.25) is 0 Å². The number of carboxylic acids is 1. The highest BCUT2D eigenvalue weighted by Gasteiger charge is 2.53. The molecular formula is C92H126F2N24O16S2. The summed E-state index contributed by atoms with van der Waals surface area (Å²) in [5.74, 6) is 7.30. The number of rotatable bonds is 10. The molecule has 18 rings (SSSR count). The van der Waals surface area contributed by atoms with E-state index in [0.717, 1.165) is 67.8 Å². The summed E-state index contributed by atoms with van der Waals surface area (Å²) in [5, 5.41) is 57.4. The van der Waals surface area contributed by atoms with Crippen LogP contribution in [0.5, 0.6) is 0 Å². The number of halogens is 2. The van der Waals surface area contributed by atoms with Gasteiger partial charge in [0.1, 0.15) is 87.4 Å². The van der Waals surface area contributed by atoms with E-state index in [1.807, 2.05) is 65.2 Å². The number of hydrazine groups is 1. The minimum atomic E-state index is -1.32. The summed E-state index contributed by atoms with van der Waals surface area (Å²) in [7, 11) is 0. The number of hydrogen-bond donors (Lipinski definition) is 7. The Labute approximate surface area is 800 Å². The second-order valence-corrected chi connectivity index (χ2v) is 38.4. The molecule has 4 aromatic carbocycles. The van der Waals surface area contributed by atoms with Crippen LogP contribution in [-0.4, -0.2) is 239 Å². The summed E-state index contributed by atoms with van der Waals surface area (Å²) < 4.78 is 84.6. The number of nitrogens with one attached hydrogen (secondary N) is 5. The molecule has 736 valence electrons. The van der Waals surface area contributed by atoms with Gasteiger partial charge in [0.2, 0.25) is 0 Å². The van der Waals surface area contributed by atoms with Gasteiger partial charge in [-0.15, -0.1) is 30.6 Å². The van der Waals surface area contributed by atoms with Gasteiger partial charge in [0, 0.05) is 88.8 Å². The van der Waals surface area contributed by atoms with Gasteiger partial charge in [-0.25, -0.2) is 49.0 Å². The lowest BCUT2D eigenvalue weighted by molar-refractivity contribution is -0.113. The molecule has 0 saturated carbocycles. The molecule has 0 radical (unpaired) electrons. The molecule has 7 atom stereocenters. The first kappa shape index (κ1) is 103. The van der Waals surface area contributed by atoms with E-state index in [9.17, 15) is 42.7 Å². The predicted octanol–water partition coefficient (Wildman–Crippen LogP) is 11.6. The fourth-order valence-electron chi connectivity index (χ4n) is 17.2. The number of aromatic amines is 2. The lowest BCUT2D eigenvalue weighted by atomic mass is 10.0. The molecule has 8 aliphatic rings. The zero-order valence-electron chi connectivity index (χ0n) is 81.3. The topological polar surface area (TPSA) is 475 Å². The summed E-state index contributed by atoms with van der Waals surface area (Å²) >= 11 is 7.33. The Morgan fingerprint density at radius 1 is 0.581 bits per heavy atom. The van der Waals surface area contributed by atoms with E-state index in [1.165, 1.54) is 29.2 Å². The van der Waals surface area contributed by atoms with Crippen molar-refractivity contribution in [3.63, 3.8) is 0 Å². The molecule has 8 aliphatic heterocycles. The number of H-pyrrole nitrogens is 2. The number of nitrogens with zero attached hydrogens (tertiary/aromatic N) is 18. The van der Waals surface area contributed by atoms with Crippen molar-refractivity contribution in [2.45, 2.75) is 260 Å². The van der Waals surface area contributed by atoms with Gasteiger partial charge in [0.15, 0.2) is 29.1 Å². The number of amides is 4. The Bertz CT molecular complexity index is 6150. The number of benzene rings is 4. The Morgan fingerprint density at radius 2 is 1.01 bits per heavy atom. The van der Waals surface area contributed by atoms with E-state index >= 15 is 4.39 Å². The first-order chi connectivity index (χ1) is 64.6. The van der Waals surface area contributed by atoms with Crippen molar-refractivity contribution in [2.24, 2.45) is 5.84 Å². The zero-order valence-corrected chi connectivity index (χ0v) is 81.0. The minimum absolute atomic E-state index is 0. The van der Waals surface area contributed by atoms with Gasteiger partial charge in [-0.1, -0.05) is 56.0 Å². The summed E-state index contributed by atoms with van der Waals surface area (Å²) in [6.45, 7) is 43.6. The van der Waals surface area contributed by atoms with Crippen LogP contribution in [-0.2, 0) is 92.8 Å². The van der Waals surface area contributed by atoms with E-state index < -0.39 is 87.9 Å². The van der Waals surface area contributed by atoms with Crippen molar-refractivity contribution < 1.29 is 80.2 Å². The van der Waals surface area contributed by atoms with Crippen LogP contribution in [0.4, 0.5) is 29.0 Å². The first-order valence-corrected chi connectivity index (χ1v) is 45.4. The quantitative estimate of drug-likeness (QED) is 0.0289. The number of nitrogen functional groups attached to an aromatic ring is 1. The Morgan fingerprint density at radius 3 is 1.49 bits per heavy atom. The maximum Gasteiger partial charge on any atom is 0.413 e. The number of ether oxygens (including phenoxy) is 7. The molecule has 4 fully saturated rings. The van der Waals surface area contributed by atoms with E-state index in [-0.39, 0.29) is 93.7 Å². The SMILES string of the molecule is C.CC(C)(C)OC(=O)N1C(C=O)COC1(C)C.CC1(C)OCC2c3nnc4n3C(CNC4)CN21.CC1CN(C(=O)c2cc(Cc3n[nH]c(=O)c4ccccc34)ccc2F)Cc2nnc(C3COC(C)(C)N3C(=O)OC(C)(C)C)n21.CC1CNCc2nnc(C3COC(C)(C)N3C(=O)OC(C)(C)C)n21.Cc1cncc(NN)n1.O=C(O)c1cc(Cc2n[nH]c(=O)c3ccccc23)ccc1F.S=S.[2H][2H].[HH]. The standard InChI is InChI=1S/C32H36FN7O5.C16H11FN2O3.C16H27N5O3.C11H17N5O.C11H19NO4.C5H8N4.CH4.S2.2H2/c1-18-15-38(16-26-35-36-27(39(18)26)25-17-44-32(5,6)40(25)30(43)45-31(2,3)4)29(42)22-13-19(11-12-23(22)33)14-24-20-9-7-8-10-21(20)28(41)37-34-24;17-13-6-5-9(7-12(13)16(21)22)8-14-10-3-1-2-4-11(10)15(20)19-18-14;1-10-7-17-8-12-18-19-13(20(10)12)11-9-23-16(5,6)21(11)14(22)24-15(2,3)4;1-11(2)15-5-7-3-12-4-9-13-14-10(16(7)9)8(15)6-17-11;1-10(2,3)16-9(14)12-8(6-13)7-15-11(12,4)5;1-4-2-7-3-5(8-4)9-6;;1-2;;/h7-13,18,25H,14-17H2,1-6H3,(H,37,41);1-7H,8H2,(H,19,20)(H,21,22);10-11,17H,7-9H2,1-6H3;7-8,12H,3-6H2,1-2H3;6,8H,7H2,1-5H3;2-3H,6H2,1H3,(H,8,9);1H4;;2*1H/i;;;;;;;;1+1D;. The predicted molar refractivity (Wildman–Crippen MR) is 506 cm³/mol. The molecule has 10 aromatic rings. The third kappa shape index (κ3) is 23.7. The molecule has 14 heterocycles. The highest BCUT2D eigenvalue weighted by molar-refractivity contribution is 8.07. The first-order valence-electron chi connectivity index (χ1n) is 45.1. The number of aromatic carboxylic acids is 1. The smallest absolute Gasteiger partial charge is 0.413 e. The summed E-state index contributed by atoms with van der Waals surface area (Å²) in [5.41, 5.74) is 0.189. The average Bonchev–Trinajstić information content (AvgIpc) is 1.58. The molecule has 4 saturated heterocycles. The van der Waals surface area contributed by atoms with Crippen molar-refractivity contribution in [2.75, 3.05) is 58.0 Å². The Balaban J connectivity index is 0.000000197. The minimum Gasteiger partial charge on any atom is -0.478 e. The number of anilines is 1. The van der Waals surface area contributed by atoms with Crippen LogP contribution in [0.3, 0.4) is 0 Å². The number of nitrogens with two attached hydrogens (primary N) is 1. The van der Waals surface area contributed by atoms with Gasteiger partial charge in [0.05, 0.1) is 109 Å². The highest BCUT2D eigenvalue weighted by atomic mass is 32.8. The number of carbonyl (C=O) groups is 6. The number of carboxylic acid groups (broad SMARTS) is 1. The van der Waals surface area contributed by atoms with Gasteiger partial charge in [0.25, 0.3) is 17.0 Å². The van der Waals surface area contributed by atoms with Crippen LogP contribution in [0.1, 0.15) is 263 Å². The largest absolute Gasteiger partial charge is 0.478 e. The van der Waals surface area contributed by atoms with Crippen molar-refractivity contribution in [3.05, 3.63) is 204 Å². The molecule has 0 aliphatic carbocycles. The van der Waals surface area contributed by atoms with E-state index in [0.29, 0.717) is 93.4 Å². The number of carbonyl (C=O) groups excluding carboxylic acids is 5. The normalized spacial score (nSPS) is 20.7. The Hall–Kier alpha value is -12.1. The monoisotopic (exact) mass is 1930 g/mol. The van der Waals surface area contributed by atoms with E-state index in [1.54, 1.807) is 139 Å². The lowest BCUT2D eigenvalue weighted by Crippen LogP contribution is -2.51. The molecule has 7 unspecified atom stereocenters. The number of aromatic nitrogens is 15. The molecule has 40 nitrogen and oxygen atoms in total. The third-order valence-corrected chi connectivity index (χ3v) is 23.2. The maximum atomic E-state index is 15.1. The molecule has 6 aromatic heterocycles. The van der Waals surface area contributed by atoms with Crippen LogP contribution in [0.15, 0.2) is 107 Å². The van der Waals surface area contributed by atoms with E-state index in [2.05, 4.69) is 134 Å². The van der Waals surface area contributed by atoms with Crippen LogP contribution >= 0.6 is 0 Å². The van der Waals surface area contributed by atoms with Crippen LogP contribution in [0.25, 0.3) is 21.5 Å². The van der Waals surface area contributed by atoms with E-state index in [4.69, 9.17) is 47.1 Å². The number of aldehydes is 1. The maximum absolute atomic E-state index is 15.1. The lowest BCUT2D eigenvalue weighted by Gasteiger charge is -2.42. The summed E-state index contributed by atoms with van der Waals surface area (Å²) in [6, 6.07) is 21.7. The summed E-state index contributed by atoms with van der Waals surface area (Å²) in [4.78, 5) is 114. The van der Waals surface area contributed by atoms with Crippen LogP contribution < -0.4 is 33.0 Å². The fourth-order valence-corrected chi connectivity index (χ4v) is 17.2. The number of fused-ring (bicyclic) bond motifs is 6. The molecule has 0 spiro atoms. The molecule has 4 amide bonds. The van der Waals surface area contributed by atoms with Crippen molar-refractivity contribution >= 4 is 86.2 Å². The van der Waals surface area contributed by atoms with Crippen LogP contribution in [0, 0.1) is 18.6 Å². The zero-order chi connectivity index (χ0) is 101. The fraction of sp³-hybridized carbons (Fsp3) is 0.522. The Kier molecular flexibility index (Phi) is 31.9. The van der Waals surface area contributed by atoms with Crippen molar-refractivity contribution in [1.29, 1.82) is 0 Å². The van der Waals surface area contributed by atoms with Gasteiger partial charge in [-0.3, -0.25) is 39.0 Å². The second-order valence-electron chi connectivity index (χ2n) is 38.4. The third-order valence-electron chi connectivity index (χ3n) is 23.2. The second kappa shape index (κ2) is 42.2. The number of aryl methyl sites for hydroxylation is 1. The molecule has 44 heteroatoms. The summed E-state index contributed by atoms with van der Waals surface area (Å²) in [6.07, 6.45) is 3.08. The van der Waals surface area contributed by atoms with Gasteiger partial charge in [-0.05, 0) is 186 Å². The molecular weight excluding hydrogens is 1800 g/mol. The molecule has 8 N–H and O–H groups in total. The van der Waals surface area contributed by atoms with Crippen molar-refractivity contribution in [3.8, 4) is 0 Å². The molecule has 136 heavy (non-hydrogen) atoms. The molecule has 0 bridgehead atoms.